The lowest BCUT2D eigenvalue weighted by molar-refractivity contribution is -0.118. The van der Waals surface area contributed by atoms with Crippen molar-refractivity contribution in [3.8, 4) is 16.8 Å². The van der Waals surface area contributed by atoms with Crippen LogP contribution in [-0.2, 0) is 11.3 Å². The number of hydrogen-bond acceptors (Lipinski definition) is 8. The van der Waals surface area contributed by atoms with E-state index < -0.39 is 23.1 Å². The van der Waals surface area contributed by atoms with E-state index in [-0.39, 0.29) is 34.7 Å². The Morgan fingerprint density at radius 1 is 1.04 bits per heavy atom. The van der Waals surface area contributed by atoms with E-state index in [4.69, 9.17) is 5.73 Å². The molecule has 0 radical (unpaired) electrons. The van der Waals surface area contributed by atoms with E-state index in [1.54, 1.807) is 12.3 Å². The maximum Gasteiger partial charge on any atom is 0.337 e. The largest absolute Gasteiger partial charge is 0.393 e. The number of rotatable bonds is 8. The number of pyridine rings is 1. The molecule has 270 valence electrons. The Bertz CT molecular complexity index is 2170. The van der Waals surface area contributed by atoms with E-state index in [0.717, 1.165) is 61.8 Å². The molecule has 1 saturated carbocycles. The fourth-order valence-corrected chi connectivity index (χ4v) is 7.52. The number of nitrogens with two attached hydrogens (primary N) is 1. The maximum absolute atomic E-state index is 14.6. The average Bonchev–Trinajstić information content (AvgIpc) is 3.15. The third-order valence-electron chi connectivity index (χ3n) is 10.4. The number of halogens is 1. The fraction of sp³-hybridized carbons (Fsp3) is 0.350. The van der Waals surface area contributed by atoms with E-state index in [9.17, 15) is 18.8 Å². The minimum absolute atomic E-state index is 0.0294. The average molecular weight is 705 g/mol. The Labute approximate surface area is 301 Å². The molecule has 4 N–H and O–H groups in total. The standard InChI is InChI=1S/C40H45FN8O3/c1-26-5-3-6-27(2)47(26)25-36(42)38(50)45-32-13-15-33(16-14-32)49-39(51)35-22-31(41)23-44-37(35)48(40(49)52)34-8-4-7-30(21-34)29-11-9-28(10-12-29)24-46-19-17-43-18-20-46/h3-12,21-23,25-26,32-33,43H,13-20,24,42H2,1-2H3,(H,45,50)/b36-25-. The van der Waals surface area contributed by atoms with Gasteiger partial charge in [0.05, 0.1) is 17.3 Å². The lowest BCUT2D eigenvalue weighted by Gasteiger charge is -2.31. The zero-order chi connectivity index (χ0) is 36.4. The summed E-state index contributed by atoms with van der Waals surface area (Å²) in [4.78, 5) is 49.9. The number of allylic oxidation sites excluding steroid dienone is 3. The van der Waals surface area contributed by atoms with Crippen molar-refractivity contribution in [3.05, 3.63) is 129 Å². The van der Waals surface area contributed by atoms with Crippen LogP contribution in [0.25, 0.3) is 27.8 Å². The monoisotopic (exact) mass is 704 g/mol. The summed E-state index contributed by atoms with van der Waals surface area (Å²) >= 11 is 0. The van der Waals surface area contributed by atoms with Crippen molar-refractivity contribution < 1.29 is 9.18 Å². The molecule has 2 aromatic carbocycles. The Hall–Kier alpha value is -5.33. The highest BCUT2D eigenvalue weighted by molar-refractivity contribution is 5.92. The van der Waals surface area contributed by atoms with Crippen LogP contribution >= 0.6 is 0 Å². The first-order valence-electron chi connectivity index (χ1n) is 18.0. The molecule has 2 aromatic heterocycles. The van der Waals surface area contributed by atoms with Crippen molar-refractivity contribution in [2.24, 2.45) is 5.73 Å². The van der Waals surface area contributed by atoms with Crippen LogP contribution in [0.4, 0.5) is 4.39 Å². The number of aromatic nitrogens is 3. The number of amides is 1. The third kappa shape index (κ3) is 7.35. The van der Waals surface area contributed by atoms with Crippen molar-refractivity contribution in [1.82, 2.24) is 34.6 Å². The number of piperazine rings is 1. The normalized spacial score (nSPS) is 21.3. The number of carbonyl (C=O) groups is 1. The van der Waals surface area contributed by atoms with Gasteiger partial charge in [0.25, 0.3) is 11.5 Å². The van der Waals surface area contributed by atoms with Crippen molar-refractivity contribution in [2.75, 3.05) is 26.2 Å². The number of hydrogen-bond donors (Lipinski definition) is 3. The van der Waals surface area contributed by atoms with Gasteiger partial charge in [0, 0.05) is 62.7 Å². The van der Waals surface area contributed by atoms with Crippen molar-refractivity contribution in [1.29, 1.82) is 0 Å². The summed E-state index contributed by atoms with van der Waals surface area (Å²) in [6, 6.07) is 16.6. The van der Waals surface area contributed by atoms with Crippen LogP contribution in [0.5, 0.6) is 0 Å². The predicted molar refractivity (Wildman–Crippen MR) is 201 cm³/mol. The summed E-state index contributed by atoms with van der Waals surface area (Å²) in [5.74, 6) is -1.02. The number of benzene rings is 2. The molecule has 1 saturated heterocycles. The van der Waals surface area contributed by atoms with Crippen LogP contribution in [0.15, 0.2) is 106 Å². The highest BCUT2D eigenvalue weighted by Crippen LogP contribution is 2.29. The zero-order valence-corrected chi connectivity index (χ0v) is 29.6. The van der Waals surface area contributed by atoms with Gasteiger partial charge in [-0.05, 0) is 80.5 Å². The van der Waals surface area contributed by atoms with Gasteiger partial charge >= 0.3 is 5.69 Å². The molecule has 3 aliphatic rings. The van der Waals surface area contributed by atoms with Gasteiger partial charge < -0.3 is 21.3 Å². The smallest absolute Gasteiger partial charge is 0.337 e. The second-order valence-electron chi connectivity index (χ2n) is 14.0. The van der Waals surface area contributed by atoms with E-state index in [1.807, 2.05) is 55.2 Å². The molecule has 7 rings (SSSR count). The van der Waals surface area contributed by atoms with Gasteiger partial charge in [0.1, 0.15) is 11.5 Å². The molecule has 12 heteroatoms. The number of nitrogens with one attached hydrogen (secondary N) is 2. The number of nitrogens with zero attached hydrogens (tertiary/aromatic N) is 5. The highest BCUT2D eigenvalue weighted by atomic mass is 19.1. The quantitative estimate of drug-likeness (QED) is 0.232. The lowest BCUT2D eigenvalue weighted by atomic mass is 9.90. The summed E-state index contributed by atoms with van der Waals surface area (Å²) in [5, 5.41) is 6.44. The van der Waals surface area contributed by atoms with Gasteiger partial charge in [-0.1, -0.05) is 48.6 Å². The highest BCUT2D eigenvalue weighted by Gasteiger charge is 2.29. The third-order valence-corrected chi connectivity index (χ3v) is 10.4. The molecule has 0 bridgehead atoms. The van der Waals surface area contributed by atoms with Crippen molar-refractivity contribution >= 4 is 16.9 Å². The molecule has 4 aromatic rings. The molecule has 1 aliphatic carbocycles. The molecule has 1 atom stereocenters. The van der Waals surface area contributed by atoms with Crippen molar-refractivity contribution in [2.45, 2.75) is 64.2 Å². The summed E-state index contributed by atoms with van der Waals surface area (Å²) in [6.07, 6.45) is 10.7. The second kappa shape index (κ2) is 15.1. The minimum atomic E-state index is -0.659. The van der Waals surface area contributed by atoms with Gasteiger partial charge in [-0.15, -0.1) is 0 Å². The molecule has 4 heterocycles. The van der Waals surface area contributed by atoms with Crippen LogP contribution in [0.3, 0.4) is 0 Å². The minimum Gasteiger partial charge on any atom is -0.393 e. The van der Waals surface area contributed by atoms with Crippen LogP contribution in [0.2, 0.25) is 0 Å². The first kappa shape index (κ1) is 35.1. The fourth-order valence-electron chi connectivity index (χ4n) is 7.52. The Balaban J connectivity index is 1.12. The Morgan fingerprint density at radius 2 is 1.79 bits per heavy atom. The van der Waals surface area contributed by atoms with E-state index >= 15 is 0 Å². The predicted octanol–water partition coefficient (Wildman–Crippen LogP) is 4.32. The molecule has 1 amide bonds. The summed E-state index contributed by atoms with van der Waals surface area (Å²) in [5.41, 5.74) is 9.91. The van der Waals surface area contributed by atoms with Crippen molar-refractivity contribution in [3.63, 3.8) is 0 Å². The lowest BCUT2D eigenvalue weighted by Crippen LogP contribution is -2.45. The molecule has 1 unspecified atom stereocenters. The summed E-state index contributed by atoms with van der Waals surface area (Å²) in [7, 11) is 0. The van der Waals surface area contributed by atoms with E-state index in [0.29, 0.717) is 31.4 Å². The molecule has 52 heavy (non-hydrogen) atoms. The van der Waals surface area contributed by atoms with Gasteiger partial charge in [0.2, 0.25) is 0 Å². The van der Waals surface area contributed by atoms with Crippen LogP contribution in [-0.4, -0.2) is 68.1 Å². The zero-order valence-electron chi connectivity index (χ0n) is 29.6. The molecule has 2 aliphatic heterocycles. The number of carbonyl (C=O) groups excluding carboxylic acids is 1. The Kier molecular flexibility index (Phi) is 10.2. The van der Waals surface area contributed by atoms with Gasteiger partial charge in [-0.25, -0.2) is 18.7 Å². The van der Waals surface area contributed by atoms with Crippen LogP contribution < -0.4 is 27.6 Å². The maximum atomic E-state index is 14.6. The number of fused-ring (bicyclic) bond motifs is 1. The molecule has 0 spiro atoms. The van der Waals surface area contributed by atoms with E-state index in [2.05, 4.69) is 44.8 Å². The van der Waals surface area contributed by atoms with Crippen LogP contribution in [0, 0.1) is 5.82 Å². The van der Waals surface area contributed by atoms with Gasteiger partial charge in [-0.2, -0.15) is 0 Å². The first-order chi connectivity index (χ1) is 25.2. The summed E-state index contributed by atoms with van der Waals surface area (Å²) < 4.78 is 17.2. The summed E-state index contributed by atoms with van der Waals surface area (Å²) in [6.45, 7) is 8.90. The topological polar surface area (TPSA) is 131 Å². The van der Waals surface area contributed by atoms with Gasteiger partial charge in [-0.3, -0.25) is 19.1 Å². The SMILES string of the molecule is CC1=CC=CC(C)N1/C=C(\N)C(=O)NC1CCC(n2c(=O)c3cc(F)cnc3n(-c3cccc(-c4ccc(CN5CCNCC5)cc4)c3)c2=O)CC1. The van der Waals surface area contributed by atoms with Gasteiger partial charge in [0.15, 0.2) is 5.65 Å². The molecular weight excluding hydrogens is 659 g/mol. The van der Waals surface area contributed by atoms with Crippen LogP contribution in [0.1, 0.15) is 51.1 Å². The molecule has 11 nitrogen and oxygen atoms in total. The van der Waals surface area contributed by atoms with E-state index in [1.165, 1.54) is 14.7 Å². The molecule has 2 fully saturated rings. The molecular formula is C40H45FN8O3. The second-order valence-corrected chi connectivity index (χ2v) is 14.0. The Morgan fingerprint density at radius 3 is 2.52 bits per heavy atom. The first-order valence-corrected chi connectivity index (χ1v) is 18.0.